The highest BCUT2D eigenvalue weighted by molar-refractivity contribution is 5.82. The van der Waals surface area contributed by atoms with Crippen molar-refractivity contribution in [2.45, 2.75) is 20.3 Å². The van der Waals surface area contributed by atoms with Crippen molar-refractivity contribution in [3.05, 3.63) is 35.4 Å². The van der Waals surface area contributed by atoms with Crippen molar-refractivity contribution in [3.63, 3.8) is 0 Å². The van der Waals surface area contributed by atoms with Crippen LogP contribution in [0.15, 0.2) is 24.3 Å². The van der Waals surface area contributed by atoms with Gasteiger partial charge in [0, 0.05) is 12.4 Å². The number of nitrogens with zero attached hydrogens (tertiary/aromatic N) is 1. The highest BCUT2D eigenvalue weighted by Gasteiger charge is 2.03. The Balaban J connectivity index is 2.69. The molecule has 0 aliphatic carbocycles. The lowest BCUT2D eigenvalue weighted by atomic mass is 10.1. The van der Waals surface area contributed by atoms with Crippen molar-refractivity contribution in [1.29, 1.82) is 0 Å². The summed E-state index contributed by atoms with van der Waals surface area (Å²) in [5.41, 5.74) is 3.61. The zero-order valence-electron chi connectivity index (χ0n) is 9.46. The molecule has 2 aromatic rings. The van der Waals surface area contributed by atoms with Gasteiger partial charge in [-0.1, -0.05) is 18.6 Å². The Morgan fingerprint density at radius 2 is 2.07 bits per heavy atom. The van der Waals surface area contributed by atoms with Crippen molar-refractivity contribution in [2.75, 3.05) is 12.4 Å². The Morgan fingerprint density at radius 3 is 2.73 bits per heavy atom. The van der Waals surface area contributed by atoms with E-state index in [1.807, 2.05) is 7.05 Å². The second-order valence-electron chi connectivity index (χ2n) is 3.80. The molecule has 0 atom stereocenters. The van der Waals surface area contributed by atoms with Gasteiger partial charge >= 0.3 is 0 Å². The summed E-state index contributed by atoms with van der Waals surface area (Å²) in [5, 5.41) is 4.37. The molecule has 15 heavy (non-hydrogen) atoms. The molecule has 2 rings (SSSR count). The Hall–Kier alpha value is -1.57. The van der Waals surface area contributed by atoms with Gasteiger partial charge in [-0.3, -0.25) is 0 Å². The summed E-state index contributed by atoms with van der Waals surface area (Å²) in [6.07, 6.45) is 1.01. The molecule has 1 aromatic heterocycles. The largest absolute Gasteiger partial charge is 0.373 e. The van der Waals surface area contributed by atoms with E-state index < -0.39 is 0 Å². The van der Waals surface area contributed by atoms with Gasteiger partial charge < -0.3 is 5.32 Å². The first-order chi connectivity index (χ1) is 7.24. The van der Waals surface area contributed by atoms with Crippen LogP contribution in [0.3, 0.4) is 0 Å². The average Bonchev–Trinajstić information content (AvgIpc) is 2.27. The summed E-state index contributed by atoms with van der Waals surface area (Å²) < 4.78 is 0. The zero-order chi connectivity index (χ0) is 10.8. The molecule has 0 spiro atoms. The predicted molar refractivity (Wildman–Crippen MR) is 65.4 cm³/mol. The fourth-order valence-corrected chi connectivity index (χ4v) is 1.83. The molecule has 0 fully saturated rings. The molecule has 0 saturated carbocycles. The number of benzene rings is 1. The number of fused-ring (bicyclic) bond motifs is 1. The minimum Gasteiger partial charge on any atom is -0.373 e. The smallest absolute Gasteiger partial charge is 0.129 e. The fourth-order valence-electron chi connectivity index (χ4n) is 1.83. The van der Waals surface area contributed by atoms with Crippen LogP contribution in [0.2, 0.25) is 0 Å². The van der Waals surface area contributed by atoms with Crippen molar-refractivity contribution in [3.8, 4) is 0 Å². The number of anilines is 1. The third-order valence-electron chi connectivity index (χ3n) is 2.67. The van der Waals surface area contributed by atoms with Gasteiger partial charge in [-0.05, 0) is 37.1 Å². The van der Waals surface area contributed by atoms with Crippen molar-refractivity contribution < 1.29 is 0 Å². The van der Waals surface area contributed by atoms with E-state index in [1.54, 1.807) is 0 Å². The summed E-state index contributed by atoms with van der Waals surface area (Å²) in [4.78, 5) is 4.59. The highest BCUT2D eigenvalue weighted by Crippen LogP contribution is 2.21. The molecule has 0 amide bonds. The quantitative estimate of drug-likeness (QED) is 0.805. The summed E-state index contributed by atoms with van der Waals surface area (Å²) in [6, 6.07) is 8.58. The molecule has 0 aliphatic heterocycles. The molecule has 2 nitrogen and oxygen atoms in total. The van der Waals surface area contributed by atoms with Crippen LogP contribution in [0.5, 0.6) is 0 Å². The molecule has 1 heterocycles. The van der Waals surface area contributed by atoms with Crippen LogP contribution in [0, 0.1) is 6.92 Å². The fraction of sp³-hybridized carbons (Fsp3) is 0.308. The molecular formula is C13H16N2. The van der Waals surface area contributed by atoms with Crippen LogP contribution < -0.4 is 5.32 Å². The maximum absolute atomic E-state index is 4.59. The second-order valence-corrected chi connectivity index (χ2v) is 3.80. The van der Waals surface area contributed by atoms with Crippen molar-refractivity contribution in [1.82, 2.24) is 4.98 Å². The van der Waals surface area contributed by atoms with Gasteiger partial charge in [-0.15, -0.1) is 0 Å². The third-order valence-corrected chi connectivity index (χ3v) is 2.67. The van der Waals surface area contributed by atoms with E-state index in [9.17, 15) is 0 Å². The molecule has 0 aliphatic rings. The van der Waals surface area contributed by atoms with Gasteiger partial charge in [0.05, 0.1) is 5.52 Å². The predicted octanol–water partition coefficient (Wildman–Crippen LogP) is 3.15. The minimum absolute atomic E-state index is 0.994. The first-order valence-electron chi connectivity index (χ1n) is 5.32. The Bertz CT molecular complexity index is 489. The van der Waals surface area contributed by atoms with E-state index in [-0.39, 0.29) is 0 Å². The molecule has 0 unspecified atom stereocenters. The van der Waals surface area contributed by atoms with E-state index in [4.69, 9.17) is 0 Å². The van der Waals surface area contributed by atoms with E-state index in [0.717, 1.165) is 17.8 Å². The SMILES string of the molecule is CCc1cc2cc(C)ccc2nc1NC. The van der Waals surface area contributed by atoms with E-state index in [0.29, 0.717) is 0 Å². The molecule has 0 saturated heterocycles. The van der Waals surface area contributed by atoms with Crippen LogP contribution >= 0.6 is 0 Å². The average molecular weight is 200 g/mol. The number of rotatable bonds is 2. The van der Waals surface area contributed by atoms with E-state index in [1.165, 1.54) is 16.5 Å². The normalized spacial score (nSPS) is 10.6. The van der Waals surface area contributed by atoms with E-state index >= 15 is 0 Å². The molecule has 2 heteroatoms. The number of nitrogens with one attached hydrogen (secondary N) is 1. The number of hydrogen-bond acceptors (Lipinski definition) is 2. The third kappa shape index (κ3) is 1.80. The standard InChI is InChI=1S/C13H16N2/c1-4-10-8-11-7-9(2)5-6-12(11)15-13(10)14-3/h5-8H,4H2,1-3H3,(H,14,15). The van der Waals surface area contributed by atoms with Crippen LogP contribution in [0.4, 0.5) is 5.82 Å². The molecule has 78 valence electrons. The van der Waals surface area contributed by atoms with Gasteiger partial charge in [0.2, 0.25) is 0 Å². The maximum atomic E-state index is 4.59. The number of aryl methyl sites for hydroxylation is 2. The summed E-state index contributed by atoms with van der Waals surface area (Å²) in [7, 11) is 1.92. The Kier molecular flexibility index (Phi) is 2.58. The minimum atomic E-state index is 0.994. The lowest BCUT2D eigenvalue weighted by Gasteiger charge is -2.08. The Morgan fingerprint density at radius 1 is 1.27 bits per heavy atom. The van der Waals surface area contributed by atoms with Gasteiger partial charge in [0.1, 0.15) is 5.82 Å². The van der Waals surface area contributed by atoms with Gasteiger partial charge in [0.15, 0.2) is 0 Å². The topological polar surface area (TPSA) is 24.9 Å². The summed E-state index contributed by atoms with van der Waals surface area (Å²) in [6.45, 7) is 4.26. The molecule has 1 aromatic carbocycles. The van der Waals surface area contributed by atoms with Crippen molar-refractivity contribution >= 4 is 16.7 Å². The Labute approximate surface area is 90.3 Å². The van der Waals surface area contributed by atoms with Crippen LogP contribution in [0.25, 0.3) is 10.9 Å². The lowest BCUT2D eigenvalue weighted by Crippen LogP contribution is -1.98. The van der Waals surface area contributed by atoms with Crippen LogP contribution in [0.1, 0.15) is 18.1 Å². The van der Waals surface area contributed by atoms with Crippen LogP contribution in [-0.2, 0) is 6.42 Å². The van der Waals surface area contributed by atoms with E-state index in [2.05, 4.69) is 48.4 Å². The highest BCUT2D eigenvalue weighted by atomic mass is 15.0. The van der Waals surface area contributed by atoms with Gasteiger partial charge in [-0.25, -0.2) is 4.98 Å². The molecular weight excluding hydrogens is 184 g/mol. The van der Waals surface area contributed by atoms with Crippen molar-refractivity contribution in [2.24, 2.45) is 0 Å². The molecule has 1 N–H and O–H groups in total. The maximum Gasteiger partial charge on any atom is 0.129 e. The zero-order valence-corrected chi connectivity index (χ0v) is 9.46. The molecule has 0 radical (unpaired) electrons. The number of aromatic nitrogens is 1. The summed E-state index contributed by atoms with van der Waals surface area (Å²) >= 11 is 0. The van der Waals surface area contributed by atoms with Crippen LogP contribution in [-0.4, -0.2) is 12.0 Å². The lowest BCUT2D eigenvalue weighted by molar-refractivity contribution is 1.12. The number of pyridine rings is 1. The first kappa shape index (κ1) is 9.97. The number of hydrogen-bond donors (Lipinski definition) is 1. The monoisotopic (exact) mass is 200 g/mol. The second kappa shape index (κ2) is 3.89. The van der Waals surface area contributed by atoms with Gasteiger partial charge in [-0.2, -0.15) is 0 Å². The first-order valence-corrected chi connectivity index (χ1v) is 5.32. The summed E-state index contributed by atoms with van der Waals surface area (Å²) in [5.74, 6) is 0.994. The molecule has 0 bridgehead atoms. The van der Waals surface area contributed by atoms with Gasteiger partial charge in [0.25, 0.3) is 0 Å².